The zero-order valence-corrected chi connectivity index (χ0v) is 28.5. The second kappa shape index (κ2) is 17.4. The van der Waals surface area contributed by atoms with Gasteiger partial charge in [0.05, 0.1) is 29.7 Å². The summed E-state index contributed by atoms with van der Waals surface area (Å²) in [6.07, 6.45) is 4.54. The Balaban J connectivity index is 1.59. The third kappa shape index (κ3) is 10.9. The number of nitrogens with two attached hydrogens (primary N) is 2. The standard InChI is InChI=1S/C31H57F2N7O4S/c1-5-6-7-11-31(3,4)12-8-23(32)19-37-22(2)27(29(34)35)30(41)38-26-21-36-20-25(33)28(26)39-13-15-40(16-14-39)45(42,43)24-9-17-44-18-10-24/h21,23-25,27-29,36H,5-20,34-35H2,1-4H3,(H,38,41)/b37-22+. The second-order valence-electron chi connectivity index (χ2n) is 13.5. The number of alkyl halides is 2. The zero-order valence-electron chi connectivity index (χ0n) is 27.6. The normalized spacial score (nSPS) is 24.6. The van der Waals surface area contributed by atoms with Gasteiger partial charge in [0.1, 0.15) is 18.3 Å². The number of carbonyl (C=O) groups is 1. The molecule has 4 atom stereocenters. The van der Waals surface area contributed by atoms with Crippen molar-refractivity contribution in [3.05, 3.63) is 11.9 Å². The van der Waals surface area contributed by atoms with Crippen LogP contribution in [0, 0.1) is 11.3 Å². The predicted octanol–water partition coefficient (Wildman–Crippen LogP) is 2.43. The van der Waals surface area contributed by atoms with E-state index in [2.05, 4.69) is 36.4 Å². The molecule has 0 aromatic heterocycles. The van der Waals surface area contributed by atoms with Gasteiger partial charge < -0.3 is 26.8 Å². The number of nitrogens with zero attached hydrogens (tertiary/aromatic N) is 3. The Labute approximate surface area is 269 Å². The molecule has 0 aromatic rings. The Morgan fingerprint density at radius 2 is 1.84 bits per heavy atom. The topological polar surface area (TPSA) is 155 Å². The van der Waals surface area contributed by atoms with Gasteiger partial charge in [-0.25, -0.2) is 17.2 Å². The highest BCUT2D eigenvalue weighted by Crippen LogP contribution is 2.30. The molecular formula is C31H57F2N7O4S. The van der Waals surface area contributed by atoms with Gasteiger partial charge in [-0.2, -0.15) is 4.31 Å². The van der Waals surface area contributed by atoms with Gasteiger partial charge in [-0.05, 0) is 44.4 Å². The summed E-state index contributed by atoms with van der Waals surface area (Å²) < 4.78 is 63.4. The van der Waals surface area contributed by atoms with Gasteiger partial charge >= 0.3 is 0 Å². The highest BCUT2D eigenvalue weighted by Gasteiger charge is 2.40. The number of nitrogens with one attached hydrogen (secondary N) is 2. The first-order valence-corrected chi connectivity index (χ1v) is 18.1. The molecule has 2 fully saturated rings. The Hall–Kier alpha value is -1.71. The van der Waals surface area contributed by atoms with Crippen LogP contribution in [0.25, 0.3) is 0 Å². The number of hydrogen-bond donors (Lipinski definition) is 4. The number of aliphatic imine (C=N–C) groups is 1. The van der Waals surface area contributed by atoms with Crippen molar-refractivity contribution in [3.63, 3.8) is 0 Å². The SMILES string of the molecule is CCCCCC(C)(C)CCC(F)C/N=C(\C)C(C(=O)NC1=CNCC(F)C1N1CCN(S(=O)(=O)C2CCOCC2)CC1)C(N)N. The second-order valence-corrected chi connectivity index (χ2v) is 15.8. The average molecular weight is 662 g/mol. The van der Waals surface area contributed by atoms with Gasteiger partial charge in [-0.3, -0.25) is 14.7 Å². The van der Waals surface area contributed by atoms with E-state index in [1.165, 1.54) is 10.7 Å². The fourth-order valence-corrected chi connectivity index (χ4v) is 8.33. The lowest BCUT2D eigenvalue weighted by atomic mass is 9.82. The van der Waals surface area contributed by atoms with Crippen LogP contribution in [0.3, 0.4) is 0 Å². The van der Waals surface area contributed by atoms with Crippen molar-refractivity contribution in [1.29, 1.82) is 0 Å². The Morgan fingerprint density at radius 1 is 1.18 bits per heavy atom. The van der Waals surface area contributed by atoms with Gasteiger partial charge in [0.15, 0.2) is 0 Å². The Kier molecular flexibility index (Phi) is 14.6. The first-order chi connectivity index (χ1) is 21.3. The quantitative estimate of drug-likeness (QED) is 0.112. The summed E-state index contributed by atoms with van der Waals surface area (Å²) in [6, 6.07) is -0.786. The first-order valence-electron chi connectivity index (χ1n) is 16.6. The van der Waals surface area contributed by atoms with Crippen LogP contribution in [-0.2, 0) is 19.6 Å². The van der Waals surface area contributed by atoms with E-state index in [-0.39, 0.29) is 31.6 Å². The van der Waals surface area contributed by atoms with Crippen LogP contribution in [0.2, 0.25) is 0 Å². The molecule has 3 heterocycles. The highest BCUT2D eigenvalue weighted by atomic mass is 32.2. The lowest BCUT2D eigenvalue weighted by molar-refractivity contribution is -0.123. The molecule has 0 aromatic carbocycles. The van der Waals surface area contributed by atoms with Crippen molar-refractivity contribution in [3.8, 4) is 0 Å². The van der Waals surface area contributed by atoms with Crippen LogP contribution in [-0.4, -0.2) is 112 Å². The van der Waals surface area contributed by atoms with Crippen molar-refractivity contribution in [2.24, 2.45) is 27.8 Å². The van der Waals surface area contributed by atoms with E-state index < -0.39 is 51.6 Å². The van der Waals surface area contributed by atoms with E-state index in [1.54, 1.807) is 13.1 Å². The largest absolute Gasteiger partial charge is 0.386 e. The van der Waals surface area contributed by atoms with Gasteiger partial charge in [0.2, 0.25) is 15.9 Å². The highest BCUT2D eigenvalue weighted by molar-refractivity contribution is 7.89. The number of ether oxygens (including phenoxy) is 1. The maximum Gasteiger partial charge on any atom is 0.235 e. The molecule has 3 aliphatic rings. The lowest BCUT2D eigenvalue weighted by Gasteiger charge is -2.43. The fourth-order valence-electron chi connectivity index (χ4n) is 6.45. The molecule has 260 valence electrons. The molecule has 3 aliphatic heterocycles. The predicted molar refractivity (Wildman–Crippen MR) is 175 cm³/mol. The summed E-state index contributed by atoms with van der Waals surface area (Å²) in [4.78, 5) is 19.7. The third-order valence-corrected chi connectivity index (χ3v) is 11.8. The van der Waals surface area contributed by atoms with E-state index in [0.717, 1.165) is 25.7 Å². The number of hydrogen-bond acceptors (Lipinski definition) is 9. The molecular weight excluding hydrogens is 604 g/mol. The third-order valence-electron chi connectivity index (χ3n) is 9.36. The van der Waals surface area contributed by atoms with Gasteiger partial charge in [-0.15, -0.1) is 0 Å². The molecule has 3 rings (SSSR count). The minimum Gasteiger partial charge on any atom is -0.386 e. The van der Waals surface area contributed by atoms with Crippen LogP contribution in [0.5, 0.6) is 0 Å². The summed E-state index contributed by atoms with van der Waals surface area (Å²) in [7, 11) is -3.48. The number of carbonyl (C=O) groups excluding carboxylic acids is 1. The summed E-state index contributed by atoms with van der Waals surface area (Å²) in [5.74, 6) is -1.59. The number of rotatable bonds is 16. The van der Waals surface area contributed by atoms with Crippen molar-refractivity contribution in [2.45, 2.75) is 109 Å². The molecule has 0 bridgehead atoms. The minimum absolute atomic E-state index is 0.0538. The van der Waals surface area contributed by atoms with E-state index in [9.17, 15) is 17.6 Å². The van der Waals surface area contributed by atoms with Crippen molar-refractivity contribution >= 4 is 21.6 Å². The van der Waals surface area contributed by atoms with Crippen LogP contribution < -0.4 is 22.1 Å². The Bertz CT molecular complexity index is 1110. The van der Waals surface area contributed by atoms with E-state index in [1.807, 2.05) is 4.90 Å². The molecule has 1 amide bonds. The van der Waals surface area contributed by atoms with Gasteiger partial charge in [0, 0.05) is 57.8 Å². The molecule has 0 spiro atoms. The monoisotopic (exact) mass is 661 g/mol. The van der Waals surface area contributed by atoms with Gasteiger partial charge in [0.25, 0.3) is 0 Å². The van der Waals surface area contributed by atoms with Crippen LogP contribution in [0.1, 0.15) is 79.1 Å². The Morgan fingerprint density at radius 3 is 2.47 bits per heavy atom. The lowest BCUT2D eigenvalue weighted by Crippen LogP contribution is -2.60. The number of unbranched alkanes of at least 4 members (excludes halogenated alkanes) is 2. The number of amides is 1. The first kappa shape index (κ1) is 37.7. The van der Waals surface area contributed by atoms with Gasteiger partial charge in [-0.1, -0.05) is 40.0 Å². The number of sulfonamides is 1. The molecule has 14 heteroatoms. The van der Waals surface area contributed by atoms with Crippen LogP contribution in [0.15, 0.2) is 16.9 Å². The zero-order chi connectivity index (χ0) is 33.2. The average Bonchev–Trinajstić information content (AvgIpc) is 2.99. The van der Waals surface area contributed by atoms with Crippen LogP contribution >= 0.6 is 0 Å². The summed E-state index contributed by atoms with van der Waals surface area (Å²) in [6.45, 7) is 10.0. The molecule has 0 saturated carbocycles. The van der Waals surface area contributed by atoms with Crippen LogP contribution in [0.4, 0.5) is 8.78 Å². The summed E-state index contributed by atoms with van der Waals surface area (Å²) in [5, 5.41) is 5.22. The molecule has 45 heavy (non-hydrogen) atoms. The number of halogens is 2. The molecule has 0 aliphatic carbocycles. The molecule has 4 unspecified atom stereocenters. The smallest absolute Gasteiger partial charge is 0.235 e. The van der Waals surface area contributed by atoms with Crippen molar-refractivity contribution in [1.82, 2.24) is 19.8 Å². The molecule has 6 N–H and O–H groups in total. The maximum absolute atomic E-state index is 15.4. The minimum atomic E-state index is -3.48. The molecule has 0 radical (unpaired) electrons. The van der Waals surface area contributed by atoms with Crippen molar-refractivity contribution in [2.75, 3.05) is 52.5 Å². The maximum atomic E-state index is 15.4. The fraction of sp³-hybridized carbons (Fsp3) is 0.871. The summed E-state index contributed by atoms with van der Waals surface area (Å²) in [5.41, 5.74) is 12.7. The molecule has 11 nitrogen and oxygen atoms in total. The molecule has 2 saturated heterocycles. The summed E-state index contributed by atoms with van der Waals surface area (Å²) >= 11 is 0. The van der Waals surface area contributed by atoms with E-state index in [4.69, 9.17) is 16.2 Å². The van der Waals surface area contributed by atoms with Crippen molar-refractivity contribution < 1.29 is 26.7 Å². The van der Waals surface area contributed by atoms with E-state index >= 15 is 4.39 Å². The van der Waals surface area contributed by atoms with E-state index in [0.29, 0.717) is 57.0 Å². The number of piperazine rings is 1.